The van der Waals surface area contributed by atoms with Gasteiger partial charge < -0.3 is 14.9 Å². The number of imidazole rings is 1. The number of rotatable bonds is 3. The molecule has 0 aliphatic carbocycles. The van der Waals surface area contributed by atoms with E-state index in [-0.39, 0.29) is 5.82 Å². The molecule has 0 fully saturated rings. The van der Waals surface area contributed by atoms with Gasteiger partial charge in [0.2, 0.25) is 6.33 Å². The maximum atomic E-state index is 10.5. The second-order valence-electron chi connectivity index (χ2n) is 3.25. The number of nitro groups is 1. The minimum atomic E-state index is -0.557. The summed E-state index contributed by atoms with van der Waals surface area (Å²) in [5.41, 5.74) is 0.648. The van der Waals surface area contributed by atoms with E-state index in [1.165, 1.54) is 24.2 Å². The van der Waals surface area contributed by atoms with Gasteiger partial charge in [0, 0.05) is 11.1 Å². The van der Waals surface area contributed by atoms with Crippen molar-refractivity contribution in [1.82, 2.24) is 9.55 Å². The number of methoxy groups -OCH3 is 1. The zero-order valence-electron chi connectivity index (χ0n) is 8.83. The summed E-state index contributed by atoms with van der Waals surface area (Å²) in [6.45, 7) is 0. The fourth-order valence-corrected chi connectivity index (χ4v) is 1.58. The van der Waals surface area contributed by atoms with E-state index in [4.69, 9.17) is 16.3 Å². The number of ether oxygens (including phenoxy) is 1. The minimum Gasteiger partial charge on any atom is -0.497 e. The van der Waals surface area contributed by atoms with Crippen LogP contribution >= 0.6 is 11.6 Å². The third kappa shape index (κ3) is 2.36. The van der Waals surface area contributed by atoms with E-state index in [0.29, 0.717) is 16.5 Å². The molecular weight excluding hydrogens is 246 g/mol. The Morgan fingerprint density at radius 3 is 2.82 bits per heavy atom. The predicted octanol–water partition coefficient (Wildman–Crippen LogP) is 2.44. The van der Waals surface area contributed by atoms with Crippen molar-refractivity contribution in [3.05, 3.63) is 45.9 Å². The van der Waals surface area contributed by atoms with E-state index in [1.54, 1.807) is 18.2 Å². The van der Waals surface area contributed by atoms with Gasteiger partial charge in [0.05, 0.1) is 12.8 Å². The molecule has 0 aliphatic heterocycles. The molecule has 0 unspecified atom stereocenters. The van der Waals surface area contributed by atoms with Gasteiger partial charge in [-0.25, -0.2) is 0 Å². The largest absolute Gasteiger partial charge is 0.497 e. The summed E-state index contributed by atoms with van der Waals surface area (Å²) in [7, 11) is 1.52. The molecule has 0 spiro atoms. The van der Waals surface area contributed by atoms with Crippen LogP contribution in [0, 0.1) is 10.1 Å². The minimum absolute atomic E-state index is 0.219. The molecule has 0 saturated heterocycles. The molecule has 17 heavy (non-hydrogen) atoms. The van der Waals surface area contributed by atoms with Crippen molar-refractivity contribution in [2.24, 2.45) is 0 Å². The molecule has 0 amide bonds. The maximum Gasteiger partial charge on any atom is 0.381 e. The number of hydrogen-bond donors (Lipinski definition) is 0. The SMILES string of the molecule is COc1cc(Cl)cc(-n2cnc([N+](=O)[O-])c2)c1. The Bertz CT molecular complexity index is 568. The molecule has 1 aromatic carbocycles. The average Bonchev–Trinajstić information content (AvgIpc) is 2.77. The van der Waals surface area contributed by atoms with Gasteiger partial charge in [0.1, 0.15) is 11.9 Å². The number of aromatic nitrogens is 2. The lowest BCUT2D eigenvalue weighted by Crippen LogP contribution is -1.92. The van der Waals surface area contributed by atoms with Crippen LogP contribution in [0.25, 0.3) is 5.69 Å². The van der Waals surface area contributed by atoms with E-state index in [1.807, 2.05) is 0 Å². The van der Waals surface area contributed by atoms with Crippen LogP contribution in [-0.4, -0.2) is 21.6 Å². The molecular formula is C10H8ClN3O3. The van der Waals surface area contributed by atoms with Crippen LogP contribution in [0.2, 0.25) is 5.02 Å². The smallest absolute Gasteiger partial charge is 0.381 e. The van der Waals surface area contributed by atoms with Gasteiger partial charge in [-0.3, -0.25) is 4.57 Å². The van der Waals surface area contributed by atoms with Crippen molar-refractivity contribution in [1.29, 1.82) is 0 Å². The van der Waals surface area contributed by atoms with E-state index in [0.717, 1.165) is 0 Å². The summed E-state index contributed by atoms with van der Waals surface area (Å²) in [6.07, 6.45) is 2.66. The first kappa shape index (κ1) is 11.4. The lowest BCUT2D eigenvalue weighted by Gasteiger charge is -2.05. The van der Waals surface area contributed by atoms with E-state index >= 15 is 0 Å². The zero-order chi connectivity index (χ0) is 12.4. The van der Waals surface area contributed by atoms with Crippen LogP contribution in [0.3, 0.4) is 0 Å². The molecule has 6 nitrogen and oxygen atoms in total. The first-order chi connectivity index (χ1) is 8.10. The highest BCUT2D eigenvalue weighted by Crippen LogP contribution is 2.24. The number of nitrogens with zero attached hydrogens (tertiary/aromatic N) is 3. The highest BCUT2D eigenvalue weighted by molar-refractivity contribution is 6.30. The fraction of sp³-hybridized carbons (Fsp3) is 0.100. The fourth-order valence-electron chi connectivity index (χ4n) is 1.36. The van der Waals surface area contributed by atoms with E-state index in [9.17, 15) is 10.1 Å². The Labute approximate surface area is 102 Å². The van der Waals surface area contributed by atoms with E-state index in [2.05, 4.69) is 4.98 Å². The van der Waals surface area contributed by atoms with Crippen molar-refractivity contribution in [3.63, 3.8) is 0 Å². The molecule has 0 saturated carbocycles. The molecule has 2 aromatic rings. The summed E-state index contributed by atoms with van der Waals surface area (Å²) in [5.74, 6) is 0.354. The highest BCUT2D eigenvalue weighted by Gasteiger charge is 2.11. The van der Waals surface area contributed by atoms with Crippen LogP contribution in [-0.2, 0) is 0 Å². The second kappa shape index (κ2) is 4.42. The second-order valence-corrected chi connectivity index (χ2v) is 3.68. The van der Waals surface area contributed by atoms with Gasteiger partial charge in [0.15, 0.2) is 0 Å². The summed E-state index contributed by atoms with van der Waals surface area (Å²) in [5, 5.41) is 11.0. The van der Waals surface area contributed by atoms with Crippen LogP contribution in [0.4, 0.5) is 5.82 Å². The Balaban J connectivity index is 2.44. The predicted molar refractivity (Wildman–Crippen MR) is 61.8 cm³/mol. The first-order valence-corrected chi connectivity index (χ1v) is 5.01. The number of halogens is 1. The molecule has 7 heteroatoms. The van der Waals surface area contributed by atoms with Crippen molar-refractivity contribution in [2.45, 2.75) is 0 Å². The summed E-state index contributed by atoms with van der Waals surface area (Å²) in [6, 6.07) is 5.02. The van der Waals surface area contributed by atoms with Gasteiger partial charge in [0.25, 0.3) is 0 Å². The third-order valence-corrected chi connectivity index (χ3v) is 2.36. The highest BCUT2D eigenvalue weighted by atomic mass is 35.5. The van der Waals surface area contributed by atoms with Crippen LogP contribution < -0.4 is 4.74 Å². The molecule has 2 rings (SSSR count). The van der Waals surface area contributed by atoms with Crippen molar-refractivity contribution < 1.29 is 9.66 Å². The molecule has 0 N–H and O–H groups in total. The Morgan fingerprint density at radius 1 is 1.47 bits per heavy atom. The van der Waals surface area contributed by atoms with Gasteiger partial charge >= 0.3 is 5.82 Å². The van der Waals surface area contributed by atoms with Crippen LogP contribution in [0.5, 0.6) is 5.75 Å². The summed E-state index contributed by atoms with van der Waals surface area (Å²) < 4.78 is 6.57. The van der Waals surface area contributed by atoms with Crippen LogP contribution in [0.15, 0.2) is 30.7 Å². The Kier molecular flexibility index (Phi) is 2.97. The molecule has 0 atom stereocenters. The number of hydrogen-bond acceptors (Lipinski definition) is 4. The van der Waals surface area contributed by atoms with Crippen molar-refractivity contribution in [3.8, 4) is 11.4 Å². The first-order valence-electron chi connectivity index (χ1n) is 4.63. The lowest BCUT2D eigenvalue weighted by molar-refractivity contribution is -0.389. The molecule has 0 aliphatic rings. The topological polar surface area (TPSA) is 70.2 Å². The maximum absolute atomic E-state index is 10.5. The summed E-state index contributed by atoms with van der Waals surface area (Å²) in [4.78, 5) is 13.6. The van der Waals surface area contributed by atoms with Gasteiger partial charge in [-0.15, -0.1) is 0 Å². The molecule has 0 bridgehead atoms. The molecule has 1 heterocycles. The van der Waals surface area contributed by atoms with Crippen LogP contribution in [0.1, 0.15) is 0 Å². The van der Waals surface area contributed by atoms with Crippen molar-refractivity contribution >= 4 is 17.4 Å². The van der Waals surface area contributed by atoms with Crippen molar-refractivity contribution in [2.75, 3.05) is 7.11 Å². The molecule has 88 valence electrons. The number of benzene rings is 1. The van der Waals surface area contributed by atoms with Gasteiger partial charge in [-0.2, -0.15) is 0 Å². The monoisotopic (exact) mass is 253 g/mol. The lowest BCUT2D eigenvalue weighted by atomic mass is 10.3. The molecule has 1 aromatic heterocycles. The third-order valence-electron chi connectivity index (χ3n) is 2.15. The average molecular weight is 254 g/mol. The quantitative estimate of drug-likeness (QED) is 0.622. The standard InChI is InChI=1S/C10H8ClN3O3/c1-17-9-3-7(11)2-8(4-9)13-5-10(12-6-13)14(15)16/h2-6H,1H3. The Morgan fingerprint density at radius 2 is 2.24 bits per heavy atom. The summed E-state index contributed by atoms with van der Waals surface area (Å²) >= 11 is 5.90. The molecule has 0 radical (unpaired) electrons. The van der Waals surface area contributed by atoms with Gasteiger partial charge in [-0.1, -0.05) is 11.6 Å². The zero-order valence-corrected chi connectivity index (χ0v) is 9.59. The normalized spacial score (nSPS) is 10.2. The van der Waals surface area contributed by atoms with E-state index < -0.39 is 4.92 Å². The van der Waals surface area contributed by atoms with Gasteiger partial charge in [-0.05, 0) is 22.0 Å². The Hall–Kier alpha value is -2.08.